The molecule has 2 atom stereocenters. The maximum absolute atomic E-state index is 11.6. The molecule has 0 heterocycles. The van der Waals surface area contributed by atoms with Crippen LogP contribution in [-0.4, -0.2) is 26.8 Å². The Morgan fingerprint density at radius 3 is 2.80 bits per heavy atom. The van der Waals surface area contributed by atoms with Gasteiger partial charge in [-0.3, -0.25) is 0 Å². The molecule has 1 fully saturated rings. The molecule has 0 saturated heterocycles. The van der Waals surface area contributed by atoms with Crippen LogP contribution in [0.2, 0.25) is 0 Å². The molecule has 0 aromatic rings. The van der Waals surface area contributed by atoms with Gasteiger partial charge in [0.2, 0.25) is 10.0 Å². The van der Waals surface area contributed by atoms with Gasteiger partial charge in [0.05, 0.1) is 5.75 Å². The molecule has 2 unspecified atom stereocenters. The van der Waals surface area contributed by atoms with Crippen LogP contribution in [0.1, 0.15) is 25.7 Å². The van der Waals surface area contributed by atoms with Crippen molar-refractivity contribution in [2.75, 3.05) is 12.3 Å². The van der Waals surface area contributed by atoms with Gasteiger partial charge in [0, 0.05) is 6.04 Å². The lowest BCUT2D eigenvalue weighted by Crippen LogP contribution is -2.40. The summed E-state index contributed by atoms with van der Waals surface area (Å²) in [6.45, 7) is 4.08. The maximum Gasteiger partial charge on any atom is 0.212 e. The van der Waals surface area contributed by atoms with Gasteiger partial charge in [0.1, 0.15) is 0 Å². The van der Waals surface area contributed by atoms with Crippen LogP contribution in [0.25, 0.3) is 0 Å². The van der Waals surface area contributed by atoms with Crippen LogP contribution < -0.4 is 10.5 Å². The third kappa shape index (κ3) is 3.93. The molecule has 1 aliphatic carbocycles. The Morgan fingerprint density at radius 1 is 1.47 bits per heavy atom. The summed E-state index contributed by atoms with van der Waals surface area (Å²) in [6, 6.07) is 0.0461. The summed E-state index contributed by atoms with van der Waals surface area (Å²) >= 11 is 0. The highest BCUT2D eigenvalue weighted by Crippen LogP contribution is 2.25. The fraction of sp³-hybridized carbons (Fsp3) is 0.800. The molecule has 0 aliphatic heterocycles. The lowest BCUT2D eigenvalue weighted by atomic mass is 10.1. The van der Waals surface area contributed by atoms with Crippen LogP contribution in [-0.2, 0) is 10.0 Å². The van der Waals surface area contributed by atoms with E-state index in [0.29, 0.717) is 18.9 Å². The quantitative estimate of drug-likeness (QED) is 0.659. The van der Waals surface area contributed by atoms with Crippen LogP contribution in [0.3, 0.4) is 0 Å². The van der Waals surface area contributed by atoms with E-state index in [1.54, 1.807) is 6.08 Å². The molecule has 0 spiro atoms. The zero-order valence-corrected chi connectivity index (χ0v) is 9.80. The second kappa shape index (κ2) is 5.63. The second-order valence-corrected chi connectivity index (χ2v) is 5.92. The van der Waals surface area contributed by atoms with Gasteiger partial charge in [-0.1, -0.05) is 12.5 Å². The molecule has 0 aromatic carbocycles. The average molecular weight is 232 g/mol. The van der Waals surface area contributed by atoms with Gasteiger partial charge in [-0.2, -0.15) is 0 Å². The molecule has 0 bridgehead atoms. The normalized spacial score (nSPS) is 26.7. The van der Waals surface area contributed by atoms with Crippen LogP contribution in [0, 0.1) is 5.92 Å². The molecule has 0 amide bonds. The van der Waals surface area contributed by atoms with Crippen molar-refractivity contribution >= 4 is 10.0 Å². The van der Waals surface area contributed by atoms with Crippen molar-refractivity contribution in [3.05, 3.63) is 12.7 Å². The van der Waals surface area contributed by atoms with Crippen molar-refractivity contribution in [3.63, 3.8) is 0 Å². The van der Waals surface area contributed by atoms with E-state index in [1.165, 1.54) is 0 Å². The first-order valence-corrected chi connectivity index (χ1v) is 7.05. The summed E-state index contributed by atoms with van der Waals surface area (Å²) in [7, 11) is -3.15. The maximum atomic E-state index is 11.6. The van der Waals surface area contributed by atoms with Gasteiger partial charge < -0.3 is 5.73 Å². The molecule has 1 aliphatic rings. The number of sulfonamides is 1. The van der Waals surface area contributed by atoms with Crippen LogP contribution in [0.15, 0.2) is 12.7 Å². The average Bonchev–Trinajstić information content (AvgIpc) is 2.61. The Labute approximate surface area is 92.0 Å². The Morgan fingerprint density at radius 2 is 2.20 bits per heavy atom. The standard InChI is InChI=1S/C10H20N2O2S/c1-2-3-7-15(13,14)12-10-6-4-5-9(10)8-11/h2,9-10,12H,1,3-8,11H2. The van der Waals surface area contributed by atoms with E-state index >= 15 is 0 Å². The van der Waals surface area contributed by atoms with Crippen molar-refractivity contribution < 1.29 is 8.42 Å². The summed E-state index contributed by atoms with van der Waals surface area (Å²) in [5, 5.41) is 0. The third-order valence-electron chi connectivity index (χ3n) is 2.88. The Bertz CT molecular complexity index is 301. The minimum atomic E-state index is -3.15. The fourth-order valence-electron chi connectivity index (χ4n) is 2.00. The number of rotatable bonds is 6. The van der Waals surface area contributed by atoms with Gasteiger partial charge >= 0.3 is 0 Å². The highest BCUT2D eigenvalue weighted by Gasteiger charge is 2.29. The van der Waals surface area contributed by atoms with Gasteiger partial charge in [0.25, 0.3) is 0 Å². The topological polar surface area (TPSA) is 72.2 Å². The molecule has 15 heavy (non-hydrogen) atoms. The lowest BCUT2D eigenvalue weighted by Gasteiger charge is -2.19. The number of allylic oxidation sites excluding steroid dienone is 1. The Hall–Kier alpha value is -0.390. The van der Waals surface area contributed by atoms with Crippen molar-refractivity contribution in [1.29, 1.82) is 0 Å². The second-order valence-electron chi connectivity index (χ2n) is 4.05. The molecule has 1 saturated carbocycles. The first-order valence-electron chi connectivity index (χ1n) is 5.40. The molecular formula is C10H20N2O2S. The van der Waals surface area contributed by atoms with E-state index in [4.69, 9.17) is 5.73 Å². The van der Waals surface area contributed by atoms with Gasteiger partial charge in [0.15, 0.2) is 0 Å². The predicted molar refractivity (Wildman–Crippen MR) is 61.9 cm³/mol. The van der Waals surface area contributed by atoms with Gasteiger partial charge in [-0.05, 0) is 31.7 Å². The zero-order chi connectivity index (χ0) is 11.3. The van der Waals surface area contributed by atoms with Gasteiger partial charge in [-0.25, -0.2) is 13.1 Å². The van der Waals surface area contributed by atoms with Crippen molar-refractivity contribution in [2.24, 2.45) is 11.7 Å². The Balaban J connectivity index is 2.49. The number of hydrogen-bond acceptors (Lipinski definition) is 3. The first-order chi connectivity index (χ1) is 7.09. The van der Waals surface area contributed by atoms with Crippen LogP contribution in [0.5, 0.6) is 0 Å². The SMILES string of the molecule is C=CCCS(=O)(=O)NC1CCCC1CN. The summed E-state index contributed by atoms with van der Waals surface area (Å²) in [5.41, 5.74) is 5.59. The molecular weight excluding hydrogens is 212 g/mol. The molecule has 88 valence electrons. The van der Waals surface area contributed by atoms with Crippen LogP contribution >= 0.6 is 0 Å². The number of nitrogens with two attached hydrogens (primary N) is 1. The molecule has 4 nitrogen and oxygen atoms in total. The van der Waals surface area contributed by atoms with E-state index in [1.807, 2.05) is 0 Å². The van der Waals surface area contributed by atoms with Crippen molar-refractivity contribution in [1.82, 2.24) is 4.72 Å². The fourth-order valence-corrected chi connectivity index (χ4v) is 3.37. The largest absolute Gasteiger partial charge is 0.330 e. The van der Waals surface area contributed by atoms with Crippen molar-refractivity contribution in [2.45, 2.75) is 31.7 Å². The van der Waals surface area contributed by atoms with E-state index in [2.05, 4.69) is 11.3 Å². The van der Waals surface area contributed by atoms with E-state index < -0.39 is 10.0 Å². The summed E-state index contributed by atoms with van der Waals surface area (Å²) in [6.07, 6.45) is 5.13. The van der Waals surface area contributed by atoms with Crippen molar-refractivity contribution in [3.8, 4) is 0 Å². The van der Waals surface area contributed by atoms with E-state index in [-0.39, 0.29) is 11.8 Å². The molecule has 0 aromatic heterocycles. The Kier molecular flexibility index (Phi) is 4.76. The molecule has 1 rings (SSSR count). The van der Waals surface area contributed by atoms with E-state index in [0.717, 1.165) is 19.3 Å². The summed E-state index contributed by atoms with van der Waals surface area (Å²) < 4.78 is 25.9. The summed E-state index contributed by atoms with van der Waals surface area (Å²) in [5.74, 6) is 0.438. The number of hydrogen-bond donors (Lipinski definition) is 2. The highest BCUT2D eigenvalue weighted by atomic mass is 32.2. The third-order valence-corrected chi connectivity index (χ3v) is 4.32. The first kappa shape index (κ1) is 12.7. The minimum Gasteiger partial charge on any atom is -0.330 e. The summed E-state index contributed by atoms with van der Waals surface area (Å²) in [4.78, 5) is 0. The molecule has 3 N–H and O–H groups in total. The minimum absolute atomic E-state index is 0.0461. The molecule has 0 radical (unpaired) electrons. The van der Waals surface area contributed by atoms with Gasteiger partial charge in [-0.15, -0.1) is 6.58 Å². The van der Waals surface area contributed by atoms with E-state index in [9.17, 15) is 8.42 Å². The molecule has 5 heteroatoms. The monoisotopic (exact) mass is 232 g/mol. The predicted octanol–water partition coefficient (Wildman–Crippen LogP) is 0.609. The lowest BCUT2D eigenvalue weighted by molar-refractivity contribution is 0.453. The zero-order valence-electron chi connectivity index (χ0n) is 8.98. The smallest absolute Gasteiger partial charge is 0.212 e. The van der Waals surface area contributed by atoms with Crippen LogP contribution in [0.4, 0.5) is 0 Å². The highest BCUT2D eigenvalue weighted by molar-refractivity contribution is 7.89. The number of nitrogens with one attached hydrogen (secondary N) is 1.